The van der Waals surface area contributed by atoms with Crippen LogP contribution in [0.3, 0.4) is 0 Å². The minimum atomic E-state index is -0.981. The molecule has 4 rings (SSSR count). The number of piperidine rings is 1. The van der Waals surface area contributed by atoms with Crippen molar-refractivity contribution >= 4 is 11.9 Å². The predicted molar refractivity (Wildman–Crippen MR) is 124 cm³/mol. The Balaban J connectivity index is 1.28. The summed E-state index contributed by atoms with van der Waals surface area (Å²) in [5.74, 6) is 0.0541. The molecule has 0 radical (unpaired) electrons. The largest absolute Gasteiger partial charge is 0.482 e. The summed E-state index contributed by atoms with van der Waals surface area (Å²) in [4.78, 5) is 27.5. The van der Waals surface area contributed by atoms with Gasteiger partial charge in [0, 0.05) is 13.1 Å². The van der Waals surface area contributed by atoms with Crippen LogP contribution in [-0.4, -0.2) is 65.2 Å². The zero-order valence-electron chi connectivity index (χ0n) is 19.1. The molecule has 0 bridgehead atoms. The zero-order chi connectivity index (χ0) is 23.3. The molecule has 0 saturated carbocycles. The molecule has 33 heavy (non-hydrogen) atoms. The molecule has 0 aromatic heterocycles. The minimum Gasteiger partial charge on any atom is -0.482 e. The van der Waals surface area contributed by atoms with Gasteiger partial charge in [-0.05, 0) is 62.0 Å². The summed E-state index contributed by atoms with van der Waals surface area (Å²) < 4.78 is 11.3. The molecule has 176 valence electrons. The molecule has 2 aliphatic heterocycles. The maximum absolute atomic E-state index is 12.5. The lowest BCUT2D eigenvalue weighted by atomic mass is 9.80. The van der Waals surface area contributed by atoms with Crippen molar-refractivity contribution in [1.29, 1.82) is 0 Å². The van der Waals surface area contributed by atoms with Crippen LogP contribution in [0.1, 0.15) is 30.9 Å². The second kappa shape index (κ2) is 10.4. The van der Waals surface area contributed by atoms with Gasteiger partial charge in [-0.25, -0.2) is 4.79 Å². The SMILES string of the molecule is C[C@]1(C2CCN(Cc3ccc(OCC(=O)O)cc3)CC2)CN(Cc2ccccc2)C(=O)CO1. The Bertz CT molecular complexity index is 941. The van der Waals surface area contributed by atoms with Crippen LogP contribution in [0.4, 0.5) is 0 Å². The summed E-state index contributed by atoms with van der Waals surface area (Å²) in [5, 5.41) is 8.71. The molecule has 1 atom stereocenters. The van der Waals surface area contributed by atoms with E-state index in [4.69, 9.17) is 14.6 Å². The van der Waals surface area contributed by atoms with Crippen LogP contribution in [0.15, 0.2) is 54.6 Å². The zero-order valence-corrected chi connectivity index (χ0v) is 19.1. The van der Waals surface area contributed by atoms with Crippen molar-refractivity contribution in [2.45, 2.75) is 38.5 Å². The van der Waals surface area contributed by atoms with Gasteiger partial charge in [0.2, 0.25) is 5.91 Å². The van der Waals surface area contributed by atoms with E-state index in [9.17, 15) is 9.59 Å². The lowest BCUT2D eigenvalue weighted by Crippen LogP contribution is -2.57. The Morgan fingerprint density at radius 3 is 2.39 bits per heavy atom. The van der Waals surface area contributed by atoms with Crippen molar-refractivity contribution in [3.8, 4) is 5.75 Å². The van der Waals surface area contributed by atoms with E-state index < -0.39 is 5.97 Å². The van der Waals surface area contributed by atoms with Gasteiger partial charge in [0.05, 0.1) is 12.1 Å². The van der Waals surface area contributed by atoms with Gasteiger partial charge in [0.1, 0.15) is 12.4 Å². The molecule has 0 spiro atoms. The first-order chi connectivity index (χ1) is 15.9. The third kappa shape index (κ3) is 6.12. The fourth-order valence-corrected chi connectivity index (χ4v) is 4.82. The standard InChI is InChI=1S/C26H32N2O5/c1-26(19-28(24(29)17-33-26)16-20-5-3-2-4-6-20)22-11-13-27(14-12-22)15-21-7-9-23(10-8-21)32-18-25(30)31/h2-10,22H,11-19H2,1H3,(H,30,31)/t26-/m1/s1. The highest BCUT2D eigenvalue weighted by Gasteiger charge is 2.43. The summed E-state index contributed by atoms with van der Waals surface area (Å²) >= 11 is 0. The molecule has 7 heteroatoms. The first-order valence-electron chi connectivity index (χ1n) is 11.5. The van der Waals surface area contributed by atoms with E-state index >= 15 is 0 Å². The van der Waals surface area contributed by atoms with Gasteiger partial charge in [-0.15, -0.1) is 0 Å². The molecule has 2 aromatic carbocycles. The van der Waals surface area contributed by atoms with Gasteiger partial charge in [-0.3, -0.25) is 9.69 Å². The summed E-state index contributed by atoms with van der Waals surface area (Å²) in [7, 11) is 0. The summed E-state index contributed by atoms with van der Waals surface area (Å²) in [5.41, 5.74) is 2.00. The summed E-state index contributed by atoms with van der Waals surface area (Å²) in [6.07, 6.45) is 2.06. The van der Waals surface area contributed by atoms with E-state index in [1.165, 1.54) is 5.56 Å². The fourth-order valence-electron chi connectivity index (χ4n) is 4.82. The normalized spacial score (nSPS) is 22.3. The number of aliphatic carboxylic acids is 1. The summed E-state index contributed by atoms with van der Waals surface area (Å²) in [6, 6.07) is 17.7. The van der Waals surface area contributed by atoms with Crippen LogP contribution in [0, 0.1) is 5.92 Å². The molecule has 2 aliphatic rings. The Kier molecular flexibility index (Phi) is 7.30. The molecular weight excluding hydrogens is 420 g/mol. The number of morpholine rings is 1. The first kappa shape index (κ1) is 23.3. The molecular formula is C26H32N2O5. The van der Waals surface area contributed by atoms with Gasteiger partial charge >= 0.3 is 5.97 Å². The van der Waals surface area contributed by atoms with Crippen LogP contribution in [0.25, 0.3) is 0 Å². The number of ether oxygens (including phenoxy) is 2. The van der Waals surface area contributed by atoms with E-state index in [1.54, 1.807) is 0 Å². The number of carbonyl (C=O) groups excluding carboxylic acids is 1. The van der Waals surface area contributed by atoms with Crippen molar-refractivity contribution in [2.24, 2.45) is 5.92 Å². The van der Waals surface area contributed by atoms with Crippen LogP contribution in [-0.2, 0) is 27.4 Å². The Morgan fingerprint density at radius 2 is 1.73 bits per heavy atom. The maximum atomic E-state index is 12.5. The predicted octanol–water partition coefficient (Wildman–Crippen LogP) is 3.18. The monoisotopic (exact) mass is 452 g/mol. The highest BCUT2D eigenvalue weighted by Crippen LogP contribution is 2.35. The maximum Gasteiger partial charge on any atom is 0.341 e. The average molecular weight is 453 g/mol. The molecule has 0 aliphatic carbocycles. The number of benzene rings is 2. The number of rotatable bonds is 8. The molecule has 7 nitrogen and oxygen atoms in total. The lowest BCUT2D eigenvalue weighted by Gasteiger charge is -2.47. The molecule has 2 heterocycles. The third-order valence-electron chi connectivity index (χ3n) is 6.74. The van der Waals surface area contributed by atoms with Crippen molar-refractivity contribution in [2.75, 3.05) is 32.8 Å². The van der Waals surface area contributed by atoms with Gasteiger partial charge in [0.25, 0.3) is 0 Å². The lowest BCUT2D eigenvalue weighted by molar-refractivity contribution is -0.174. The third-order valence-corrected chi connectivity index (χ3v) is 6.74. The molecule has 2 fully saturated rings. The highest BCUT2D eigenvalue weighted by atomic mass is 16.5. The van der Waals surface area contributed by atoms with E-state index in [0.717, 1.165) is 38.0 Å². The number of carbonyl (C=O) groups is 2. The number of likely N-dealkylation sites (tertiary alicyclic amines) is 1. The minimum absolute atomic E-state index is 0.0598. The van der Waals surface area contributed by atoms with Crippen LogP contribution in [0.5, 0.6) is 5.75 Å². The number of hydrogen-bond acceptors (Lipinski definition) is 5. The second-order valence-corrected chi connectivity index (χ2v) is 9.21. The average Bonchev–Trinajstić information content (AvgIpc) is 2.82. The smallest absolute Gasteiger partial charge is 0.341 e. The van der Waals surface area contributed by atoms with E-state index in [1.807, 2.05) is 47.4 Å². The second-order valence-electron chi connectivity index (χ2n) is 9.21. The highest BCUT2D eigenvalue weighted by molar-refractivity contribution is 5.78. The molecule has 2 saturated heterocycles. The Morgan fingerprint density at radius 1 is 1.06 bits per heavy atom. The Hall–Kier alpha value is -2.90. The molecule has 0 unspecified atom stereocenters. The van der Waals surface area contributed by atoms with Crippen LogP contribution in [0.2, 0.25) is 0 Å². The summed E-state index contributed by atoms with van der Waals surface area (Å²) in [6.45, 7) is 6.05. The van der Waals surface area contributed by atoms with E-state index in [2.05, 4.69) is 24.0 Å². The fraction of sp³-hybridized carbons (Fsp3) is 0.462. The number of amides is 1. The Labute approximate surface area is 194 Å². The van der Waals surface area contributed by atoms with Gasteiger partial charge < -0.3 is 19.5 Å². The topological polar surface area (TPSA) is 79.3 Å². The van der Waals surface area contributed by atoms with Gasteiger partial charge in [-0.2, -0.15) is 0 Å². The van der Waals surface area contributed by atoms with Crippen LogP contribution < -0.4 is 4.74 Å². The molecule has 1 amide bonds. The van der Waals surface area contributed by atoms with Gasteiger partial charge in [-0.1, -0.05) is 42.5 Å². The van der Waals surface area contributed by atoms with Crippen molar-refractivity contribution in [3.05, 3.63) is 65.7 Å². The number of hydrogen-bond donors (Lipinski definition) is 1. The molecule has 1 N–H and O–H groups in total. The number of carboxylic acid groups (broad SMARTS) is 1. The van der Waals surface area contributed by atoms with Crippen molar-refractivity contribution in [3.63, 3.8) is 0 Å². The van der Waals surface area contributed by atoms with Crippen LogP contribution >= 0.6 is 0 Å². The van der Waals surface area contributed by atoms with E-state index in [0.29, 0.717) is 24.8 Å². The number of carboxylic acids is 1. The molecule has 2 aromatic rings. The first-order valence-corrected chi connectivity index (χ1v) is 11.5. The van der Waals surface area contributed by atoms with Crippen molar-refractivity contribution < 1.29 is 24.2 Å². The quantitative estimate of drug-likeness (QED) is 0.663. The number of nitrogens with zero attached hydrogens (tertiary/aromatic N) is 2. The van der Waals surface area contributed by atoms with Crippen molar-refractivity contribution in [1.82, 2.24) is 9.80 Å². The van der Waals surface area contributed by atoms with Gasteiger partial charge in [0.15, 0.2) is 6.61 Å². The van der Waals surface area contributed by atoms with E-state index in [-0.39, 0.29) is 24.7 Å².